The first-order chi connectivity index (χ1) is 13.4. The molecule has 0 atom stereocenters. The van der Waals surface area contributed by atoms with Gasteiger partial charge < -0.3 is 23.7 Å². The van der Waals surface area contributed by atoms with Gasteiger partial charge in [-0.1, -0.05) is 23.2 Å². The third kappa shape index (κ3) is 4.61. The van der Waals surface area contributed by atoms with E-state index in [4.69, 9.17) is 46.9 Å². The molecule has 0 heterocycles. The molecule has 7 nitrogen and oxygen atoms in total. The van der Waals surface area contributed by atoms with Crippen molar-refractivity contribution in [1.82, 2.24) is 0 Å². The number of ether oxygens (including phenoxy) is 5. The number of rotatable bonds is 7. The molecule has 0 saturated heterocycles. The fourth-order valence-corrected chi connectivity index (χ4v) is 2.91. The molecule has 0 N–H and O–H groups in total. The van der Waals surface area contributed by atoms with Crippen molar-refractivity contribution >= 4 is 35.1 Å². The maximum Gasteiger partial charge on any atom is 0.343 e. The van der Waals surface area contributed by atoms with E-state index in [-0.39, 0.29) is 45.0 Å². The topological polar surface area (TPSA) is 80.3 Å². The molecule has 0 aliphatic heterocycles. The van der Waals surface area contributed by atoms with E-state index in [2.05, 4.69) is 0 Å². The van der Waals surface area contributed by atoms with Crippen LogP contribution in [0, 0.1) is 0 Å². The molecule has 0 aliphatic carbocycles. The minimum absolute atomic E-state index is 0.0173. The number of hydrogen-bond donors (Lipinski definition) is 0. The molecule has 0 radical (unpaired) electrons. The Morgan fingerprint density at radius 3 is 1.96 bits per heavy atom. The Bertz CT molecular complexity index is 871. The van der Waals surface area contributed by atoms with Crippen LogP contribution >= 0.6 is 23.2 Å². The Balaban J connectivity index is 2.47. The Kier molecular flexibility index (Phi) is 7.37. The lowest BCUT2D eigenvalue weighted by Crippen LogP contribution is -2.14. The quantitative estimate of drug-likeness (QED) is 0.476. The van der Waals surface area contributed by atoms with Gasteiger partial charge in [-0.05, 0) is 31.2 Å². The average molecular weight is 429 g/mol. The van der Waals surface area contributed by atoms with Crippen molar-refractivity contribution in [2.24, 2.45) is 0 Å². The summed E-state index contributed by atoms with van der Waals surface area (Å²) in [5, 5.41) is 0.178. The Labute approximate surface area is 172 Å². The Morgan fingerprint density at radius 2 is 1.46 bits per heavy atom. The van der Waals surface area contributed by atoms with E-state index >= 15 is 0 Å². The standard InChI is InChI=1S/C19H18Cl2O7/c1-5-27-19(23)12-8-11(20)9-13(21)16(12)28-18(22)10-6-14(24-2)17(26-4)15(7-10)25-3/h6-9H,5H2,1-4H3. The second-order valence-electron chi connectivity index (χ2n) is 5.29. The second kappa shape index (κ2) is 9.52. The normalized spacial score (nSPS) is 10.2. The summed E-state index contributed by atoms with van der Waals surface area (Å²) in [7, 11) is 4.28. The smallest absolute Gasteiger partial charge is 0.343 e. The number of carbonyl (C=O) groups excluding carboxylic acids is 2. The van der Waals surface area contributed by atoms with Crippen molar-refractivity contribution in [3.63, 3.8) is 0 Å². The number of halogens is 2. The predicted molar refractivity (Wildman–Crippen MR) is 103 cm³/mol. The van der Waals surface area contributed by atoms with E-state index in [1.807, 2.05) is 0 Å². The van der Waals surface area contributed by atoms with Crippen LogP contribution in [-0.2, 0) is 4.74 Å². The average Bonchev–Trinajstić information content (AvgIpc) is 2.68. The fourth-order valence-electron chi connectivity index (χ4n) is 2.38. The molecule has 0 spiro atoms. The molecule has 0 unspecified atom stereocenters. The summed E-state index contributed by atoms with van der Waals surface area (Å²) in [5.74, 6) is -0.835. The lowest BCUT2D eigenvalue weighted by Gasteiger charge is -2.15. The molecule has 2 rings (SSSR count). The second-order valence-corrected chi connectivity index (χ2v) is 6.13. The molecule has 0 aromatic heterocycles. The summed E-state index contributed by atoms with van der Waals surface area (Å²) >= 11 is 12.1. The van der Waals surface area contributed by atoms with E-state index in [1.165, 1.54) is 45.6 Å². The molecule has 0 fully saturated rings. The highest BCUT2D eigenvalue weighted by molar-refractivity contribution is 6.36. The van der Waals surface area contributed by atoms with Crippen LogP contribution in [0.15, 0.2) is 24.3 Å². The zero-order valence-corrected chi connectivity index (χ0v) is 17.1. The van der Waals surface area contributed by atoms with Crippen LogP contribution in [0.3, 0.4) is 0 Å². The summed E-state index contributed by atoms with van der Waals surface area (Å²) in [6, 6.07) is 5.49. The summed E-state index contributed by atoms with van der Waals surface area (Å²) in [6.07, 6.45) is 0. The molecular formula is C19H18Cl2O7. The van der Waals surface area contributed by atoms with E-state index in [0.717, 1.165) is 0 Å². The van der Waals surface area contributed by atoms with Crippen molar-refractivity contribution in [2.45, 2.75) is 6.92 Å². The van der Waals surface area contributed by atoms with E-state index in [9.17, 15) is 9.59 Å². The van der Waals surface area contributed by atoms with Crippen LogP contribution in [0.2, 0.25) is 10.0 Å². The molecule has 9 heteroatoms. The number of esters is 2. The first-order valence-corrected chi connectivity index (χ1v) is 8.80. The highest BCUT2D eigenvalue weighted by Gasteiger charge is 2.24. The maximum atomic E-state index is 12.7. The van der Waals surface area contributed by atoms with Crippen molar-refractivity contribution in [2.75, 3.05) is 27.9 Å². The van der Waals surface area contributed by atoms with E-state index < -0.39 is 11.9 Å². The number of methoxy groups -OCH3 is 3. The van der Waals surface area contributed by atoms with Gasteiger partial charge in [-0.2, -0.15) is 0 Å². The van der Waals surface area contributed by atoms with Gasteiger partial charge in [0.05, 0.1) is 38.5 Å². The highest BCUT2D eigenvalue weighted by Crippen LogP contribution is 2.39. The van der Waals surface area contributed by atoms with Crippen molar-refractivity contribution < 1.29 is 33.3 Å². The van der Waals surface area contributed by atoms with Crippen molar-refractivity contribution in [3.8, 4) is 23.0 Å². The van der Waals surface area contributed by atoms with Gasteiger partial charge >= 0.3 is 11.9 Å². The van der Waals surface area contributed by atoms with Gasteiger partial charge in [0, 0.05) is 5.02 Å². The molecule has 2 aromatic rings. The zero-order chi connectivity index (χ0) is 20.8. The summed E-state index contributed by atoms with van der Waals surface area (Å²) in [5.41, 5.74) is 0.0236. The highest BCUT2D eigenvalue weighted by atomic mass is 35.5. The van der Waals surface area contributed by atoms with E-state index in [1.54, 1.807) is 6.92 Å². The van der Waals surface area contributed by atoms with Crippen molar-refractivity contribution in [1.29, 1.82) is 0 Å². The van der Waals surface area contributed by atoms with Gasteiger partial charge in [-0.25, -0.2) is 9.59 Å². The predicted octanol–water partition coefficient (Wildman–Crippen LogP) is 4.42. The van der Waals surface area contributed by atoms with Gasteiger partial charge in [0.2, 0.25) is 5.75 Å². The molecule has 150 valence electrons. The molecule has 0 bridgehead atoms. The van der Waals surface area contributed by atoms with Crippen LogP contribution in [0.1, 0.15) is 27.6 Å². The van der Waals surface area contributed by atoms with Crippen LogP contribution in [0.25, 0.3) is 0 Å². The first kappa shape index (κ1) is 21.7. The van der Waals surface area contributed by atoms with Gasteiger partial charge in [0.1, 0.15) is 5.56 Å². The van der Waals surface area contributed by atoms with Crippen LogP contribution in [0.4, 0.5) is 0 Å². The minimum Gasteiger partial charge on any atom is -0.493 e. The third-order valence-corrected chi connectivity index (χ3v) is 4.10. The minimum atomic E-state index is -0.797. The number of carbonyl (C=O) groups is 2. The first-order valence-electron chi connectivity index (χ1n) is 8.04. The van der Waals surface area contributed by atoms with E-state index in [0.29, 0.717) is 5.75 Å². The lowest BCUT2D eigenvalue weighted by atomic mass is 10.1. The van der Waals surface area contributed by atoms with Gasteiger partial charge in [-0.15, -0.1) is 0 Å². The van der Waals surface area contributed by atoms with Gasteiger partial charge in [0.15, 0.2) is 17.2 Å². The largest absolute Gasteiger partial charge is 0.493 e. The van der Waals surface area contributed by atoms with Gasteiger partial charge in [-0.3, -0.25) is 0 Å². The maximum absolute atomic E-state index is 12.7. The molecule has 28 heavy (non-hydrogen) atoms. The molecular weight excluding hydrogens is 411 g/mol. The lowest BCUT2D eigenvalue weighted by molar-refractivity contribution is 0.0520. The SMILES string of the molecule is CCOC(=O)c1cc(Cl)cc(Cl)c1OC(=O)c1cc(OC)c(OC)c(OC)c1. The number of benzene rings is 2. The Morgan fingerprint density at radius 1 is 0.857 bits per heavy atom. The Hall–Kier alpha value is -2.64. The monoisotopic (exact) mass is 428 g/mol. The fraction of sp³-hybridized carbons (Fsp3) is 0.263. The third-order valence-electron chi connectivity index (χ3n) is 3.60. The van der Waals surface area contributed by atoms with Crippen molar-refractivity contribution in [3.05, 3.63) is 45.4 Å². The summed E-state index contributed by atoms with van der Waals surface area (Å²) in [6.45, 7) is 1.77. The van der Waals surface area contributed by atoms with Gasteiger partial charge in [0.25, 0.3) is 0 Å². The van der Waals surface area contributed by atoms with Crippen LogP contribution < -0.4 is 18.9 Å². The van der Waals surface area contributed by atoms with Crippen LogP contribution in [-0.4, -0.2) is 39.9 Å². The van der Waals surface area contributed by atoms with Crippen LogP contribution in [0.5, 0.6) is 23.0 Å². The molecule has 0 saturated carbocycles. The molecule has 2 aromatic carbocycles. The molecule has 0 amide bonds. The molecule has 0 aliphatic rings. The summed E-state index contributed by atoms with van der Waals surface area (Å²) in [4.78, 5) is 24.9. The number of hydrogen-bond acceptors (Lipinski definition) is 7. The summed E-state index contributed by atoms with van der Waals surface area (Å²) < 4.78 is 26.0. The zero-order valence-electron chi connectivity index (χ0n) is 15.6.